The minimum atomic E-state index is -1.09. The van der Waals surface area contributed by atoms with E-state index in [1.807, 2.05) is 31.9 Å². The summed E-state index contributed by atoms with van der Waals surface area (Å²) in [5.41, 5.74) is 12.7. The molecule has 2 fully saturated rings. The number of thioether (sulfide) groups is 2. The van der Waals surface area contributed by atoms with Gasteiger partial charge in [-0.2, -0.15) is 23.5 Å². The highest BCUT2D eigenvalue weighted by Gasteiger charge is 2.42. The molecule has 352 valence electrons. The van der Waals surface area contributed by atoms with Gasteiger partial charge in [0.15, 0.2) is 0 Å². The largest absolute Gasteiger partial charge is 0.368 e. The zero-order chi connectivity index (χ0) is 46.0. The maximum atomic E-state index is 13.5. The lowest BCUT2D eigenvalue weighted by atomic mass is 9.92. The van der Waals surface area contributed by atoms with Crippen molar-refractivity contribution in [3.05, 3.63) is 0 Å². The Morgan fingerprint density at radius 1 is 0.774 bits per heavy atom. The molecule has 62 heavy (non-hydrogen) atoms. The van der Waals surface area contributed by atoms with Gasteiger partial charge in [0, 0.05) is 36.3 Å². The third-order valence-electron chi connectivity index (χ3n) is 10.4. The molecule has 0 aromatic carbocycles. The van der Waals surface area contributed by atoms with E-state index in [9.17, 15) is 43.2 Å². The van der Waals surface area contributed by atoms with Crippen LogP contribution in [0.3, 0.4) is 0 Å². The lowest BCUT2D eigenvalue weighted by Crippen LogP contribution is -2.55. The van der Waals surface area contributed by atoms with Gasteiger partial charge in [0.2, 0.25) is 47.3 Å². The average molecular weight is 916 g/mol. The van der Waals surface area contributed by atoms with Gasteiger partial charge in [-0.05, 0) is 88.7 Å². The Balaban J connectivity index is 1.77. The molecule has 0 spiro atoms. The molecule has 2 rings (SSSR count). The highest BCUT2D eigenvalue weighted by molar-refractivity contribution is 8.00. The summed E-state index contributed by atoms with van der Waals surface area (Å²) in [7, 11) is 0. The van der Waals surface area contributed by atoms with Crippen molar-refractivity contribution in [1.29, 1.82) is 0 Å². The van der Waals surface area contributed by atoms with Gasteiger partial charge < -0.3 is 54.0 Å². The van der Waals surface area contributed by atoms with Gasteiger partial charge in [-0.1, -0.05) is 20.3 Å². The molecular formula is C39H69N11O10S2. The number of urea groups is 1. The number of unbranched alkanes of at least 4 members (excludes halogenated alkanes) is 3. The number of nitrogens with two attached hydrogens (primary N) is 2. The zero-order valence-electron chi connectivity index (χ0n) is 36.1. The first-order chi connectivity index (χ1) is 29.6. The number of hydroxylamine groups is 1. The SMILES string of the molecule is CSCC[C@H](NC(=O)C(CC(=O)NO)CC(C)C)C(=O)N[C@@H](CCCCN)C(=O)NCC(=O)NCC(=O)N[C@@H](CCCCNC(=O)CCCC[C@@H]1SC[C@@H]2NC(=O)N[C@@H]21)C(N)=O. The van der Waals surface area contributed by atoms with Gasteiger partial charge in [-0.3, -0.25) is 43.6 Å². The van der Waals surface area contributed by atoms with Gasteiger partial charge >= 0.3 is 6.03 Å². The van der Waals surface area contributed by atoms with Crippen molar-refractivity contribution in [3.8, 4) is 0 Å². The van der Waals surface area contributed by atoms with E-state index in [2.05, 4.69) is 42.5 Å². The molecule has 0 aromatic heterocycles. The number of rotatable bonds is 32. The second-order valence-corrected chi connectivity index (χ2v) is 18.2. The van der Waals surface area contributed by atoms with E-state index >= 15 is 0 Å². The van der Waals surface area contributed by atoms with Crippen LogP contribution in [-0.2, 0) is 38.4 Å². The van der Waals surface area contributed by atoms with E-state index in [1.165, 1.54) is 17.2 Å². The number of nitrogens with one attached hydrogen (secondary N) is 9. The van der Waals surface area contributed by atoms with E-state index in [1.54, 1.807) is 0 Å². The van der Waals surface area contributed by atoms with Crippen LogP contribution in [0.4, 0.5) is 4.79 Å². The number of hydrogen-bond donors (Lipinski definition) is 12. The summed E-state index contributed by atoms with van der Waals surface area (Å²) in [4.78, 5) is 113. The van der Waals surface area contributed by atoms with Gasteiger partial charge in [-0.25, -0.2) is 10.3 Å². The molecule has 2 aliphatic rings. The second kappa shape index (κ2) is 29.9. The Hall–Kier alpha value is -4.35. The summed E-state index contributed by atoms with van der Waals surface area (Å²) in [5, 5.41) is 30.8. The smallest absolute Gasteiger partial charge is 0.315 e. The van der Waals surface area contributed by atoms with Crippen LogP contribution in [0.15, 0.2) is 0 Å². The lowest BCUT2D eigenvalue weighted by Gasteiger charge is -2.25. The Bertz CT molecular complexity index is 1510. The molecule has 0 aromatic rings. The van der Waals surface area contributed by atoms with Crippen LogP contribution in [0.5, 0.6) is 0 Å². The van der Waals surface area contributed by atoms with Crippen molar-refractivity contribution >= 4 is 76.8 Å². The lowest BCUT2D eigenvalue weighted by molar-refractivity contribution is -0.137. The molecule has 0 aliphatic carbocycles. The van der Waals surface area contributed by atoms with E-state index < -0.39 is 78.5 Å². The third kappa shape index (κ3) is 21.1. The Labute approximate surface area is 372 Å². The van der Waals surface area contributed by atoms with Crippen LogP contribution in [0.1, 0.15) is 97.3 Å². The summed E-state index contributed by atoms with van der Waals surface area (Å²) < 4.78 is 0. The van der Waals surface area contributed by atoms with Crippen molar-refractivity contribution in [3.63, 3.8) is 0 Å². The number of primary amides is 1. The van der Waals surface area contributed by atoms with E-state index in [0.29, 0.717) is 62.6 Å². The topological polar surface area (TPSA) is 334 Å². The summed E-state index contributed by atoms with van der Waals surface area (Å²) in [6.07, 6.45) is 7.43. The maximum Gasteiger partial charge on any atom is 0.315 e. The molecular weight excluding hydrogens is 847 g/mol. The second-order valence-electron chi connectivity index (χ2n) is 16.0. The molecule has 0 bridgehead atoms. The minimum absolute atomic E-state index is 0.0359. The van der Waals surface area contributed by atoms with Crippen LogP contribution >= 0.6 is 23.5 Å². The number of hydrogen-bond acceptors (Lipinski definition) is 13. The zero-order valence-corrected chi connectivity index (χ0v) is 37.8. The van der Waals surface area contributed by atoms with E-state index in [-0.39, 0.29) is 55.6 Å². The summed E-state index contributed by atoms with van der Waals surface area (Å²) in [6, 6.07) is -2.95. The van der Waals surface area contributed by atoms with Crippen LogP contribution in [0.2, 0.25) is 0 Å². The molecule has 21 nitrogen and oxygen atoms in total. The molecule has 1 unspecified atom stereocenters. The minimum Gasteiger partial charge on any atom is -0.368 e. The molecule has 7 atom stereocenters. The average Bonchev–Trinajstić information content (AvgIpc) is 3.79. The number of carbonyl (C=O) groups excluding carboxylic acids is 9. The van der Waals surface area contributed by atoms with Crippen molar-refractivity contribution in [2.24, 2.45) is 23.3 Å². The Morgan fingerprint density at radius 3 is 2.13 bits per heavy atom. The molecule has 2 heterocycles. The maximum absolute atomic E-state index is 13.5. The third-order valence-corrected chi connectivity index (χ3v) is 12.5. The first-order valence-corrected chi connectivity index (χ1v) is 23.8. The molecule has 2 saturated heterocycles. The van der Waals surface area contributed by atoms with Gasteiger partial charge in [0.05, 0.1) is 25.2 Å². The van der Waals surface area contributed by atoms with Crippen LogP contribution < -0.4 is 59.5 Å². The monoisotopic (exact) mass is 915 g/mol. The molecule has 0 radical (unpaired) electrons. The molecule has 14 N–H and O–H groups in total. The van der Waals surface area contributed by atoms with Crippen LogP contribution in [-0.4, -0.2) is 138 Å². The van der Waals surface area contributed by atoms with Crippen molar-refractivity contribution < 1.29 is 48.4 Å². The summed E-state index contributed by atoms with van der Waals surface area (Å²) in [5.74, 6) is -4.24. The Morgan fingerprint density at radius 2 is 1.45 bits per heavy atom. The quantitative estimate of drug-likeness (QED) is 0.0160. The standard InChI is InChI=1S/C39H69N11O10S2/c1-23(2)18-24(19-31(52)50-60)36(56)46-27(14-17-61-3)38(58)47-26(11-6-8-15-40)37(57)44-20-32(53)43-21-33(54)45-25(35(41)55)10-7-9-16-42-30(51)13-5-4-12-29-34-28(22-62-29)48-39(59)49-34/h23-29,34,60H,4-22,40H2,1-3H3,(H2,41,55)(H,42,51)(H,43,53)(H,44,57)(H,45,54)(H,46,56)(H,47,58)(H,50,52)(H2,48,49,59)/t24?,25-,26-,27-,28-,29-,34-/m0/s1. The first-order valence-electron chi connectivity index (χ1n) is 21.4. The molecule has 23 heteroatoms. The fraction of sp³-hybridized carbons (Fsp3) is 0.769. The predicted molar refractivity (Wildman–Crippen MR) is 235 cm³/mol. The van der Waals surface area contributed by atoms with Crippen LogP contribution in [0, 0.1) is 11.8 Å². The Kier molecular flexibility index (Phi) is 25.9. The first kappa shape index (κ1) is 53.8. The molecule has 10 amide bonds. The van der Waals surface area contributed by atoms with Crippen LogP contribution in [0.25, 0.3) is 0 Å². The fourth-order valence-corrected chi connectivity index (χ4v) is 9.09. The highest BCUT2D eigenvalue weighted by Crippen LogP contribution is 2.33. The normalized spacial score (nSPS) is 18.5. The van der Waals surface area contributed by atoms with Gasteiger partial charge in [-0.15, -0.1) is 0 Å². The van der Waals surface area contributed by atoms with Crippen molar-refractivity contribution in [1.82, 2.24) is 48.0 Å². The number of fused-ring (bicyclic) bond motifs is 1. The van der Waals surface area contributed by atoms with Gasteiger partial charge in [0.25, 0.3) is 0 Å². The van der Waals surface area contributed by atoms with Crippen molar-refractivity contribution in [2.45, 2.75) is 133 Å². The fourth-order valence-electron chi connectivity index (χ4n) is 7.08. The number of carbonyl (C=O) groups is 9. The summed E-state index contributed by atoms with van der Waals surface area (Å²) >= 11 is 3.28. The molecule has 0 saturated carbocycles. The highest BCUT2D eigenvalue weighted by atomic mass is 32.2. The van der Waals surface area contributed by atoms with Crippen molar-refractivity contribution in [2.75, 3.05) is 43.9 Å². The molecule has 2 aliphatic heterocycles. The van der Waals surface area contributed by atoms with Gasteiger partial charge in [0.1, 0.15) is 18.1 Å². The predicted octanol–water partition coefficient (Wildman–Crippen LogP) is -1.39. The van der Waals surface area contributed by atoms with E-state index in [0.717, 1.165) is 25.0 Å². The summed E-state index contributed by atoms with van der Waals surface area (Å²) in [6.45, 7) is 3.43. The number of amides is 10. The van der Waals surface area contributed by atoms with E-state index in [4.69, 9.17) is 16.7 Å².